The fourth-order valence-corrected chi connectivity index (χ4v) is 1.26. The van der Waals surface area contributed by atoms with Crippen LogP contribution in [0.1, 0.15) is 13.8 Å². The molecule has 0 bridgehead atoms. The zero-order valence-electron chi connectivity index (χ0n) is 8.50. The van der Waals surface area contributed by atoms with Crippen molar-refractivity contribution in [2.24, 2.45) is 5.41 Å². The van der Waals surface area contributed by atoms with Gasteiger partial charge in [-0.25, -0.2) is 8.42 Å². The second-order valence-electron chi connectivity index (χ2n) is 4.13. The van der Waals surface area contributed by atoms with E-state index in [0.29, 0.717) is 13.1 Å². The van der Waals surface area contributed by atoms with Gasteiger partial charge in [0, 0.05) is 31.4 Å². The second kappa shape index (κ2) is 4.93. The van der Waals surface area contributed by atoms with Crippen LogP contribution in [-0.4, -0.2) is 45.2 Å². The van der Waals surface area contributed by atoms with Crippen LogP contribution in [0.25, 0.3) is 0 Å². The first-order chi connectivity index (χ1) is 5.77. The minimum atomic E-state index is -2.87. The molecule has 0 aliphatic rings. The summed E-state index contributed by atoms with van der Waals surface area (Å²) in [5.41, 5.74) is -0.183. The van der Waals surface area contributed by atoms with Gasteiger partial charge in [0.25, 0.3) is 0 Å². The monoisotopic (exact) mass is 209 g/mol. The molecule has 2 N–H and O–H groups in total. The van der Waals surface area contributed by atoms with Crippen LogP contribution in [0.2, 0.25) is 0 Å². The SMILES string of the molecule is CC(C)(CO)CNCCS(C)(=O)=O. The predicted octanol–water partition coefficient (Wildman–Crippen LogP) is -0.361. The van der Waals surface area contributed by atoms with Crippen molar-refractivity contribution >= 4 is 9.84 Å². The standard InChI is InChI=1S/C8H19NO3S/c1-8(2,7-10)6-9-4-5-13(3,11)12/h9-10H,4-7H2,1-3H3. The van der Waals surface area contributed by atoms with Crippen LogP contribution in [-0.2, 0) is 9.84 Å². The molecule has 0 aliphatic carbocycles. The predicted molar refractivity (Wildman–Crippen MR) is 53.4 cm³/mol. The average Bonchev–Trinajstić information content (AvgIpc) is 1.97. The van der Waals surface area contributed by atoms with Gasteiger partial charge >= 0.3 is 0 Å². The summed E-state index contributed by atoms with van der Waals surface area (Å²) in [7, 11) is -2.87. The van der Waals surface area contributed by atoms with Gasteiger partial charge in [-0.2, -0.15) is 0 Å². The second-order valence-corrected chi connectivity index (χ2v) is 6.39. The van der Waals surface area contributed by atoms with Gasteiger partial charge in [0.05, 0.1) is 5.75 Å². The Morgan fingerprint density at radius 3 is 2.31 bits per heavy atom. The fourth-order valence-electron chi connectivity index (χ4n) is 0.740. The van der Waals surface area contributed by atoms with Crippen molar-refractivity contribution in [1.29, 1.82) is 0 Å². The molecular formula is C8H19NO3S. The average molecular weight is 209 g/mol. The Balaban J connectivity index is 3.58. The number of aliphatic hydroxyl groups excluding tert-OH is 1. The highest BCUT2D eigenvalue weighted by Crippen LogP contribution is 2.10. The molecule has 0 aliphatic heterocycles. The third-order valence-electron chi connectivity index (χ3n) is 1.68. The van der Waals surface area contributed by atoms with E-state index in [-0.39, 0.29) is 17.8 Å². The van der Waals surface area contributed by atoms with Gasteiger partial charge in [-0.1, -0.05) is 13.8 Å². The molecule has 5 heteroatoms. The summed E-state index contributed by atoms with van der Waals surface area (Å²) in [6.45, 7) is 5.00. The molecule has 0 radical (unpaired) electrons. The zero-order valence-corrected chi connectivity index (χ0v) is 9.32. The van der Waals surface area contributed by atoms with E-state index in [0.717, 1.165) is 0 Å². The molecule has 0 unspecified atom stereocenters. The molecule has 80 valence electrons. The van der Waals surface area contributed by atoms with E-state index in [4.69, 9.17) is 5.11 Å². The number of nitrogens with one attached hydrogen (secondary N) is 1. The van der Waals surface area contributed by atoms with E-state index in [1.807, 2.05) is 13.8 Å². The first-order valence-electron chi connectivity index (χ1n) is 4.26. The number of aliphatic hydroxyl groups is 1. The van der Waals surface area contributed by atoms with E-state index in [1.54, 1.807) is 0 Å². The van der Waals surface area contributed by atoms with Crippen LogP contribution in [0, 0.1) is 5.41 Å². The summed E-state index contributed by atoms with van der Waals surface area (Å²) < 4.78 is 21.5. The summed E-state index contributed by atoms with van der Waals surface area (Å²) in [5.74, 6) is 0.147. The highest BCUT2D eigenvalue weighted by Gasteiger charge is 2.15. The van der Waals surface area contributed by atoms with Gasteiger partial charge in [-0.05, 0) is 0 Å². The Labute approximate surface area is 80.3 Å². The van der Waals surface area contributed by atoms with Gasteiger partial charge in [0.1, 0.15) is 9.84 Å². The molecule has 0 saturated heterocycles. The summed E-state index contributed by atoms with van der Waals surface area (Å²) in [4.78, 5) is 0. The highest BCUT2D eigenvalue weighted by molar-refractivity contribution is 7.90. The van der Waals surface area contributed by atoms with E-state index in [1.165, 1.54) is 6.26 Å². The maximum atomic E-state index is 10.7. The lowest BCUT2D eigenvalue weighted by molar-refractivity contribution is 0.158. The number of rotatable bonds is 6. The normalized spacial score (nSPS) is 13.2. The quantitative estimate of drug-likeness (QED) is 0.586. The van der Waals surface area contributed by atoms with Crippen molar-refractivity contribution in [1.82, 2.24) is 5.32 Å². The third-order valence-corrected chi connectivity index (χ3v) is 2.63. The molecule has 0 fully saturated rings. The Bertz CT molecular complexity index is 234. The number of hydrogen-bond donors (Lipinski definition) is 2. The van der Waals surface area contributed by atoms with Crippen LogP contribution in [0.15, 0.2) is 0 Å². The van der Waals surface area contributed by atoms with Gasteiger partial charge in [0.15, 0.2) is 0 Å². The Morgan fingerprint density at radius 1 is 1.38 bits per heavy atom. The fraction of sp³-hybridized carbons (Fsp3) is 1.00. The number of sulfone groups is 1. The van der Waals surface area contributed by atoms with Crippen LogP contribution < -0.4 is 5.32 Å². The van der Waals surface area contributed by atoms with Crippen molar-refractivity contribution < 1.29 is 13.5 Å². The summed E-state index contributed by atoms with van der Waals surface area (Å²) >= 11 is 0. The van der Waals surface area contributed by atoms with Crippen molar-refractivity contribution in [2.75, 3.05) is 31.7 Å². The summed E-state index contributed by atoms with van der Waals surface area (Å²) in [5, 5.41) is 11.9. The zero-order chi connectivity index (χ0) is 10.5. The van der Waals surface area contributed by atoms with Gasteiger partial charge in [0.2, 0.25) is 0 Å². The Morgan fingerprint density at radius 2 is 1.92 bits per heavy atom. The molecule has 0 saturated carbocycles. The highest BCUT2D eigenvalue weighted by atomic mass is 32.2. The summed E-state index contributed by atoms with van der Waals surface area (Å²) in [6, 6.07) is 0. The lowest BCUT2D eigenvalue weighted by Gasteiger charge is -2.21. The molecule has 0 rings (SSSR count). The van der Waals surface area contributed by atoms with Crippen LogP contribution >= 0.6 is 0 Å². The molecular weight excluding hydrogens is 190 g/mol. The summed E-state index contributed by atoms with van der Waals surface area (Å²) in [6.07, 6.45) is 1.21. The topological polar surface area (TPSA) is 66.4 Å². The molecule has 4 nitrogen and oxygen atoms in total. The molecule has 0 heterocycles. The maximum Gasteiger partial charge on any atom is 0.148 e. The molecule has 0 spiro atoms. The molecule has 0 aromatic carbocycles. The molecule has 0 atom stereocenters. The number of hydrogen-bond acceptors (Lipinski definition) is 4. The van der Waals surface area contributed by atoms with Crippen molar-refractivity contribution in [3.63, 3.8) is 0 Å². The van der Waals surface area contributed by atoms with Gasteiger partial charge in [-0.3, -0.25) is 0 Å². The van der Waals surface area contributed by atoms with Crippen LogP contribution in [0.4, 0.5) is 0 Å². The van der Waals surface area contributed by atoms with E-state index >= 15 is 0 Å². The first-order valence-corrected chi connectivity index (χ1v) is 6.32. The Kier molecular flexibility index (Phi) is 4.88. The van der Waals surface area contributed by atoms with Crippen molar-refractivity contribution in [3.05, 3.63) is 0 Å². The lowest BCUT2D eigenvalue weighted by atomic mass is 9.95. The van der Waals surface area contributed by atoms with Gasteiger partial charge in [-0.15, -0.1) is 0 Å². The van der Waals surface area contributed by atoms with Crippen molar-refractivity contribution in [2.45, 2.75) is 13.8 Å². The maximum absolute atomic E-state index is 10.7. The first kappa shape index (κ1) is 12.9. The minimum Gasteiger partial charge on any atom is -0.396 e. The minimum absolute atomic E-state index is 0.0961. The largest absolute Gasteiger partial charge is 0.396 e. The smallest absolute Gasteiger partial charge is 0.148 e. The molecule has 0 aromatic rings. The molecule has 0 aromatic heterocycles. The lowest BCUT2D eigenvalue weighted by Crippen LogP contribution is -2.34. The van der Waals surface area contributed by atoms with Crippen molar-refractivity contribution in [3.8, 4) is 0 Å². The van der Waals surface area contributed by atoms with Crippen LogP contribution in [0.3, 0.4) is 0 Å². The molecule has 0 amide bonds. The van der Waals surface area contributed by atoms with E-state index in [9.17, 15) is 8.42 Å². The third kappa shape index (κ3) is 8.21. The van der Waals surface area contributed by atoms with E-state index in [2.05, 4.69) is 5.32 Å². The Hall–Kier alpha value is -0.130. The molecule has 13 heavy (non-hydrogen) atoms. The van der Waals surface area contributed by atoms with Crippen LogP contribution in [0.5, 0.6) is 0 Å². The van der Waals surface area contributed by atoms with E-state index < -0.39 is 9.84 Å². The van der Waals surface area contributed by atoms with Gasteiger partial charge < -0.3 is 10.4 Å².